The molecule has 0 unspecified atom stereocenters. The lowest BCUT2D eigenvalue weighted by Gasteiger charge is -2.45. The maximum Gasteiger partial charge on any atom is 0.264 e. The smallest absolute Gasteiger partial charge is 0.264 e. The Morgan fingerprint density at radius 2 is 1.02 bits per heavy atom. The summed E-state index contributed by atoms with van der Waals surface area (Å²) in [6.07, 6.45) is 2.38. The summed E-state index contributed by atoms with van der Waals surface area (Å²) >= 11 is 2.02. The summed E-state index contributed by atoms with van der Waals surface area (Å²) < 4.78 is 2.79. The Bertz CT molecular complexity index is 3040. The Morgan fingerprint density at radius 1 is 0.469 bits per heavy atom. The molecule has 3 heterocycles. The normalized spacial score (nSPS) is 16.8. The highest BCUT2D eigenvalue weighted by atomic mass is 32.1. The molecule has 328 valence electrons. The van der Waals surface area contributed by atoms with Crippen LogP contribution in [-0.4, -0.2) is 6.71 Å². The van der Waals surface area contributed by atoms with E-state index in [2.05, 4.69) is 224 Å². The van der Waals surface area contributed by atoms with E-state index in [1.807, 2.05) is 11.3 Å². The zero-order valence-electron chi connectivity index (χ0n) is 41.6. The van der Waals surface area contributed by atoms with Crippen LogP contribution in [0.5, 0.6) is 0 Å². The van der Waals surface area contributed by atoms with Crippen LogP contribution in [0.15, 0.2) is 103 Å². The van der Waals surface area contributed by atoms with Crippen LogP contribution in [0.3, 0.4) is 0 Å². The average Bonchev–Trinajstić information content (AvgIpc) is 3.57. The molecule has 0 N–H and O–H groups in total. The van der Waals surface area contributed by atoms with Gasteiger partial charge in [0.05, 0.1) is 5.69 Å². The number of rotatable bonds is 2. The van der Waals surface area contributed by atoms with Crippen molar-refractivity contribution in [2.75, 3.05) is 9.80 Å². The monoisotopic (exact) mass is 861 g/mol. The summed E-state index contributed by atoms with van der Waals surface area (Å²) in [6, 6.07) is 41.7. The molecule has 0 fully saturated rings. The van der Waals surface area contributed by atoms with Gasteiger partial charge < -0.3 is 9.80 Å². The molecule has 1 aliphatic carbocycles. The van der Waals surface area contributed by atoms with E-state index in [4.69, 9.17) is 0 Å². The van der Waals surface area contributed by atoms with Crippen molar-refractivity contribution in [2.45, 2.75) is 156 Å². The molecule has 10 rings (SSSR count). The van der Waals surface area contributed by atoms with Gasteiger partial charge in [-0.3, -0.25) is 0 Å². The standard InChI is InChI=1S/C60H69BN2S/c1-55(2,3)38-19-22-42(23-20-38)62-48-26-21-40(57(7,8)9)32-47(48)61-52-49(62)33-41(58(10,11)12)34-50(52)63(43-24-25-45-46(35-43)60(15,16)28-27-59(45,13)14)53-44-30-36-17-18-39(56(4,5)6)29-37(36)31-51(44)64-54(53)61/h17-26,29-35H,27-28H2,1-16H3. The lowest BCUT2D eigenvalue weighted by molar-refractivity contribution is 0.332. The van der Waals surface area contributed by atoms with Crippen molar-refractivity contribution in [3.63, 3.8) is 0 Å². The first-order valence-electron chi connectivity index (χ1n) is 23.9. The molecule has 3 aliphatic rings. The van der Waals surface area contributed by atoms with Crippen LogP contribution in [0.25, 0.3) is 20.9 Å². The predicted octanol–water partition coefficient (Wildman–Crippen LogP) is 15.7. The molecule has 6 aromatic carbocycles. The second-order valence-corrected chi connectivity index (χ2v) is 26.2. The van der Waals surface area contributed by atoms with Crippen molar-refractivity contribution >= 4 is 88.7 Å². The third-order valence-electron chi connectivity index (χ3n) is 15.3. The van der Waals surface area contributed by atoms with Crippen molar-refractivity contribution in [1.29, 1.82) is 0 Å². The van der Waals surface area contributed by atoms with Crippen molar-refractivity contribution in [3.8, 4) is 0 Å². The zero-order valence-corrected chi connectivity index (χ0v) is 42.4. The molecular weight excluding hydrogens is 792 g/mol. The molecule has 0 bridgehead atoms. The SMILES string of the molecule is CC(C)(C)c1ccc(N2c3ccc(C(C)(C)C)cc3B3c4sc5cc6cc(C(C)(C)C)ccc6cc5c4N(c4ccc5c(c4)C(C)(C)CCC5(C)C)c4cc(C(C)(C)C)cc2c43)cc1. The minimum Gasteiger partial charge on any atom is -0.311 e. The fraction of sp³-hybridized carbons (Fsp3) is 0.400. The van der Waals surface area contributed by atoms with Gasteiger partial charge in [0.15, 0.2) is 0 Å². The first-order valence-corrected chi connectivity index (χ1v) is 24.7. The van der Waals surface area contributed by atoms with E-state index in [9.17, 15) is 0 Å². The number of hydrogen-bond donors (Lipinski definition) is 0. The van der Waals surface area contributed by atoms with E-state index in [-0.39, 0.29) is 39.2 Å². The van der Waals surface area contributed by atoms with E-state index >= 15 is 0 Å². The molecule has 64 heavy (non-hydrogen) atoms. The third-order valence-corrected chi connectivity index (χ3v) is 16.5. The van der Waals surface area contributed by atoms with Crippen LogP contribution in [0.4, 0.5) is 34.1 Å². The van der Waals surface area contributed by atoms with Crippen molar-refractivity contribution in [1.82, 2.24) is 0 Å². The first kappa shape index (κ1) is 43.1. The number of thiophene rings is 1. The fourth-order valence-corrected chi connectivity index (χ4v) is 12.3. The highest BCUT2D eigenvalue weighted by Gasteiger charge is 2.47. The summed E-state index contributed by atoms with van der Waals surface area (Å²) in [5.41, 5.74) is 19.1. The molecule has 2 aliphatic heterocycles. The van der Waals surface area contributed by atoms with Gasteiger partial charge in [-0.25, -0.2) is 0 Å². The molecule has 0 saturated heterocycles. The van der Waals surface area contributed by atoms with Crippen molar-refractivity contribution in [2.24, 2.45) is 0 Å². The van der Waals surface area contributed by atoms with Gasteiger partial charge in [0, 0.05) is 43.3 Å². The van der Waals surface area contributed by atoms with Crippen LogP contribution in [0.1, 0.15) is 157 Å². The maximum absolute atomic E-state index is 2.71. The molecule has 0 atom stereocenters. The fourth-order valence-electron chi connectivity index (χ4n) is 11.0. The Kier molecular flexibility index (Phi) is 9.34. The Labute approximate surface area is 389 Å². The lowest BCUT2D eigenvalue weighted by atomic mass is 9.36. The summed E-state index contributed by atoms with van der Waals surface area (Å²) in [7, 11) is 0. The molecule has 2 nitrogen and oxygen atoms in total. The summed E-state index contributed by atoms with van der Waals surface area (Å²) in [6.45, 7) is 38.0. The summed E-state index contributed by atoms with van der Waals surface area (Å²) in [5.74, 6) is 0. The largest absolute Gasteiger partial charge is 0.311 e. The Hall–Kier alpha value is -4.80. The van der Waals surface area contributed by atoms with Crippen molar-refractivity contribution in [3.05, 3.63) is 137 Å². The van der Waals surface area contributed by atoms with E-state index in [0.29, 0.717) is 0 Å². The molecule has 1 aromatic heterocycles. The summed E-state index contributed by atoms with van der Waals surface area (Å²) in [5, 5.41) is 3.96. The first-order chi connectivity index (χ1) is 29.7. The molecule has 0 spiro atoms. The topological polar surface area (TPSA) is 6.48 Å². The van der Waals surface area contributed by atoms with Gasteiger partial charge in [-0.15, -0.1) is 11.3 Å². The second kappa shape index (κ2) is 13.9. The number of nitrogens with zero attached hydrogens (tertiary/aromatic N) is 2. The number of benzene rings is 6. The van der Waals surface area contributed by atoms with Gasteiger partial charge >= 0.3 is 0 Å². The van der Waals surface area contributed by atoms with Crippen molar-refractivity contribution < 1.29 is 0 Å². The van der Waals surface area contributed by atoms with Gasteiger partial charge in [-0.2, -0.15) is 0 Å². The molecular formula is C60H69BN2S. The molecule has 0 saturated carbocycles. The van der Waals surface area contributed by atoms with Crippen LogP contribution < -0.4 is 25.5 Å². The van der Waals surface area contributed by atoms with Gasteiger partial charge in [0.1, 0.15) is 0 Å². The van der Waals surface area contributed by atoms with Crippen LogP contribution >= 0.6 is 11.3 Å². The molecule has 7 aromatic rings. The van der Waals surface area contributed by atoms with E-state index in [0.717, 1.165) is 0 Å². The molecule has 4 heteroatoms. The minimum atomic E-state index is -0.0926. The van der Waals surface area contributed by atoms with E-state index in [1.165, 1.54) is 117 Å². The third kappa shape index (κ3) is 6.78. The zero-order chi connectivity index (χ0) is 45.8. The number of fused-ring (bicyclic) bond motifs is 8. The van der Waals surface area contributed by atoms with E-state index < -0.39 is 0 Å². The number of hydrogen-bond acceptors (Lipinski definition) is 3. The van der Waals surface area contributed by atoms with Crippen LogP contribution in [0.2, 0.25) is 0 Å². The van der Waals surface area contributed by atoms with Crippen LogP contribution in [-0.2, 0) is 32.5 Å². The van der Waals surface area contributed by atoms with Gasteiger partial charge in [-0.1, -0.05) is 159 Å². The molecule has 0 amide bonds. The Morgan fingerprint density at radius 3 is 1.64 bits per heavy atom. The van der Waals surface area contributed by atoms with Gasteiger partial charge in [0.2, 0.25) is 0 Å². The van der Waals surface area contributed by atoms with Gasteiger partial charge in [0.25, 0.3) is 6.71 Å². The van der Waals surface area contributed by atoms with E-state index in [1.54, 1.807) is 0 Å². The quantitative estimate of drug-likeness (QED) is 0.160. The predicted molar refractivity (Wildman–Crippen MR) is 283 cm³/mol. The summed E-state index contributed by atoms with van der Waals surface area (Å²) in [4.78, 5) is 5.32. The highest BCUT2D eigenvalue weighted by molar-refractivity contribution is 7.33. The van der Waals surface area contributed by atoms with Crippen LogP contribution in [0, 0.1) is 0 Å². The molecule has 0 radical (unpaired) electrons. The number of anilines is 6. The lowest BCUT2D eigenvalue weighted by Crippen LogP contribution is -2.60. The maximum atomic E-state index is 2.71. The minimum absolute atomic E-state index is 0.0106. The highest BCUT2D eigenvalue weighted by Crippen LogP contribution is 2.53. The Balaban J connectivity index is 1.35. The van der Waals surface area contributed by atoms with Gasteiger partial charge in [-0.05, 0) is 155 Å². The second-order valence-electron chi connectivity index (χ2n) is 25.1. The average molecular weight is 861 g/mol.